The molecule has 0 bridgehead atoms. The van der Waals surface area contributed by atoms with Gasteiger partial charge in [0.15, 0.2) is 0 Å². The van der Waals surface area contributed by atoms with Crippen LogP contribution in [0.15, 0.2) is 77.3 Å². The van der Waals surface area contributed by atoms with Gasteiger partial charge in [-0.25, -0.2) is 0 Å². The Morgan fingerprint density at radius 1 is 0.760 bits per heavy atom. The zero-order valence-corrected chi connectivity index (χ0v) is 13.7. The van der Waals surface area contributed by atoms with Crippen molar-refractivity contribution in [1.82, 2.24) is 4.98 Å². The fourth-order valence-electron chi connectivity index (χ4n) is 3.47. The van der Waals surface area contributed by atoms with Crippen molar-refractivity contribution in [3.05, 3.63) is 72.9 Å². The number of aromatic nitrogens is 1. The molecular weight excluding hydrogens is 310 g/mol. The van der Waals surface area contributed by atoms with Crippen molar-refractivity contribution in [2.45, 2.75) is 0 Å². The first kappa shape index (κ1) is 14.1. The smallest absolute Gasteiger partial charge is 0.148 e. The minimum atomic E-state index is 0.759. The molecule has 5 aromatic rings. The van der Waals surface area contributed by atoms with E-state index >= 15 is 0 Å². The first-order valence-corrected chi connectivity index (χ1v) is 8.19. The van der Waals surface area contributed by atoms with E-state index in [0.717, 1.165) is 44.3 Å². The summed E-state index contributed by atoms with van der Waals surface area (Å²) < 4.78 is 12.0. The number of pyridine rings is 1. The lowest BCUT2D eigenvalue weighted by Gasteiger charge is -2.08. The number of furan rings is 1. The number of hydrogen-bond donors (Lipinski definition) is 0. The standard InChI is InChI=1S/C22H15NO2/c1-24-19-12-11-17-16-10-9-14-6-2-3-7-15(14)21(16)25-22(17)20(19)18-8-4-5-13-23-18/h2-13H,1H3. The average molecular weight is 325 g/mol. The van der Waals surface area contributed by atoms with Crippen molar-refractivity contribution in [1.29, 1.82) is 0 Å². The number of benzene rings is 3. The van der Waals surface area contributed by atoms with E-state index in [1.165, 1.54) is 5.39 Å². The summed E-state index contributed by atoms with van der Waals surface area (Å²) in [4.78, 5) is 4.50. The molecule has 0 saturated heterocycles. The molecule has 0 fully saturated rings. The van der Waals surface area contributed by atoms with Gasteiger partial charge < -0.3 is 9.15 Å². The number of ether oxygens (including phenoxy) is 1. The fourth-order valence-corrected chi connectivity index (χ4v) is 3.47. The van der Waals surface area contributed by atoms with Crippen LogP contribution < -0.4 is 4.74 Å². The molecule has 0 radical (unpaired) electrons. The molecule has 0 amide bonds. The van der Waals surface area contributed by atoms with E-state index in [0.29, 0.717) is 0 Å². The third kappa shape index (κ3) is 2.02. The lowest BCUT2D eigenvalue weighted by Crippen LogP contribution is -1.90. The number of rotatable bonds is 2. The third-order valence-corrected chi connectivity index (χ3v) is 4.63. The first-order valence-electron chi connectivity index (χ1n) is 8.19. The van der Waals surface area contributed by atoms with Crippen LogP contribution in [0, 0.1) is 0 Å². The molecule has 0 spiro atoms. The van der Waals surface area contributed by atoms with E-state index < -0.39 is 0 Å². The maximum atomic E-state index is 6.37. The van der Waals surface area contributed by atoms with Crippen molar-refractivity contribution in [3.8, 4) is 17.0 Å². The van der Waals surface area contributed by atoms with Gasteiger partial charge in [0.1, 0.15) is 16.9 Å². The van der Waals surface area contributed by atoms with Crippen molar-refractivity contribution < 1.29 is 9.15 Å². The van der Waals surface area contributed by atoms with Crippen LogP contribution in [0.1, 0.15) is 0 Å². The molecular formula is C22H15NO2. The monoisotopic (exact) mass is 325 g/mol. The van der Waals surface area contributed by atoms with E-state index in [4.69, 9.17) is 9.15 Å². The van der Waals surface area contributed by atoms with Gasteiger partial charge in [0.2, 0.25) is 0 Å². The average Bonchev–Trinajstić information content (AvgIpc) is 3.07. The number of hydrogen-bond acceptors (Lipinski definition) is 3. The quantitative estimate of drug-likeness (QED) is 0.411. The van der Waals surface area contributed by atoms with Crippen LogP contribution in [-0.4, -0.2) is 12.1 Å². The van der Waals surface area contributed by atoms with Gasteiger partial charge in [-0.2, -0.15) is 0 Å². The van der Waals surface area contributed by atoms with Gasteiger partial charge in [0.25, 0.3) is 0 Å². The lowest BCUT2D eigenvalue weighted by molar-refractivity contribution is 0.416. The Balaban J connectivity index is 1.97. The summed E-state index contributed by atoms with van der Waals surface area (Å²) in [6, 6.07) is 22.4. The van der Waals surface area contributed by atoms with Crippen LogP contribution in [0.2, 0.25) is 0 Å². The molecule has 0 N–H and O–H groups in total. The van der Waals surface area contributed by atoms with Crippen LogP contribution >= 0.6 is 0 Å². The normalized spacial score (nSPS) is 11.4. The molecule has 0 atom stereocenters. The number of nitrogens with zero attached hydrogens (tertiary/aromatic N) is 1. The summed E-state index contributed by atoms with van der Waals surface area (Å²) in [6.07, 6.45) is 1.78. The van der Waals surface area contributed by atoms with E-state index in [9.17, 15) is 0 Å². The highest BCUT2D eigenvalue weighted by atomic mass is 16.5. The molecule has 0 aliphatic carbocycles. The van der Waals surface area contributed by atoms with Crippen LogP contribution in [0.3, 0.4) is 0 Å². The predicted molar refractivity (Wildman–Crippen MR) is 101 cm³/mol. The zero-order valence-electron chi connectivity index (χ0n) is 13.7. The van der Waals surface area contributed by atoms with Crippen molar-refractivity contribution in [2.75, 3.05) is 7.11 Å². The molecule has 0 aliphatic heterocycles. The number of fused-ring (bicyclic) bond motifs is 5. The summed E-state index contributed by atoms with van der Waals surface area (Å²) in [5.41, 5.74) is 3.44. The minimum Gasteiger partial charge on any atom is -0.496 e. The Kier molecular flexibility index (Phi) is 3.01. The summed E-state index contributed by atoms with van der Waals surface area (Å²) in [7, 11) is 1.67. The summed E-state index contributed by atoms with van der Waals surface area (Å²) in [5.74, 6) is 0.759. The van der Waals surface area contributed by atoms with Gasteiger partial charge in [-0.1, -0.05) is 36.4 Å². The summed E-state index contributed by atoms with van der Waals surface area (Å²) in [6.45, 7) is 0. The van der Waals surface area contributed by atoms with E-state index in [-0.39, 0.29) is 0 Å². The Labute approximate surface area is 144 Å². The van der Waals surface area contributed by atoms with Gasteiger partial charge in [-0.15, -0.1) is 0 Å². The topological polar surface area (TPSA) is 35.3 Å². The molecule has 0 unspecified atom stereocenters. The lowest BCUT2D eigenvalue weighted by atomic mass is 10.0. The highest BCUT2D eigenvalue weighted by Crippen LogP contribution is 2.42. The first-order chi connectivity index (χ1) is 12.4. The molecule has 2 aromatic heterocycles. The van der Waals surface area contributed by atoms with Gasteiger partial charge in [0.05, 0.1) is 18.4 Å². The molecule has 2 heterocycles. The molecule has 3 nitrogen and oxygen atoms in total. The second-order valence-electron chi connectivity index (χ2n) is 6.00. The van der Waals surface area contributed by atoms with Crippen LogP contribution in [0.25, 0.3) is 44.0 Å². The SMILES string of the molecule is COc1ccc2c(oc3c4ccccc4ccc23)c1-c1ccccn1. The molecule has 0 aliphatic rings. The van der Waals surface area contributed by atoms with Crippen LogP contribution in [0.4, 0.5) is 0 Å². The maximum Gasteiger partial charge on any atom is 0.148 e. The number of methoxy groups -OCH3 is 1. The fraction of sp³-hybridized carbons (Fsp3) is 0.0455. The maximum absolute atomic E-state index is 6.37. The Bertz CT molecular complexity index is 1220. The molecule has 25 heavy (non-hydrogen) atoms. The molecule has 5 rings (SSSR count). The van der Waals surface area contributed by atoms with Crippen LogP contribution in [0.5, 0.6) is 5.75 Å². The van der Waals surface area contributed by atoms with E-state index in [1.54, 1.807) is 13.3 Å². The Morgan fingerprint density at radius 2 is 1.56 bits per heavy atom. The second-order valence-corrected chi connectivity index (χ2v) is 6.00. The van der Waals surface area contributed by atoms with Gasteiger partial charge in [-0.05, 0) is 35.7 Å². The predicted octanol–water partition coefficient (Wildman–Crippen LogP) is 5.81. The zero-order chi connectivity index (χ0) is 16.8. The van der Waals surface area contributed by atoms with Crippen molar-refractivity contribution >= 4 is 32.7 Å². The van der Waals surface area contributed by atoms with Crippen molar-refractivity contribution in [2.24, 2.45) is 0 Å². The van der Waals surface area contributed by atoms with Gasteiger partial charge in [0, 0.05) is 22.4 Å². The molecule has 120 valence electrons. The molecule has 3 aromatic carbocycles. The van der Waals surface area contributed by atoms with E-state index in [1.807, 2.05) is 36.4 Å². The van der Waals surface area contributed by atoms with Gasteiger partial charge in [-0.3, -0.25) is 4.98 Å². The molecule has 3 heteroatoms. The second kappa shape index (κ2) is 5.35. The van der Waals surface area contributed by atoms with Gasteiger partial charge >= 0.3 is 0 Å². The minimum absolute atomic E-state index is 0.759. The Hall–Kier alpha value is -3.33. The summed E-state index contributed by atoms with van der Waals surface area (Å²) in [5, 5.41) is 4.46. The Morgan fingerprint density at radius 3 is 2.40 bits per heavy atom. The van der Waals surface area contributed by atoms with Crippen LogP contribution in [-0.2, 0) is 0 Å². The van der Waals surface area contributed by atoms with Crippen molar-refractivity contribution in [3.63, 3.8) is 0 Å². The third-order valence-electron chi connectivity index (χ3n) is 4.63. The summed E-state index contributed by atoms with van der Waals surface area (Å²) >= 11 is 0. The largest absolute Gasteiger partial charge is 0.496 e. The molecule has 0 saturated carbocycles. The highest BCUT2D eigenvalue weighted by molar-refractivity contribution is 6.17. The highest BCUT2D eigenvalue weighted by Gasteiger charge is 2.18. The van der Waals surface area contributed by atoms with E-state index in [2.05, 4.69) is 35.3 Å².